The van der Waals surface area contributed by atoms with Crippen molar-refractivity contribution in [2.24, 2.45) is 5.92 Å². The van der Waals surface area contributed by atoms with Crippen LogP contribution in [0.4, 0.5) is 0 Å². The summed E-state index contributed by atoms with van der Waals surface area (Å²) >= 11 is 0. The van der Waals surface area contributed by atoms with Crippen LogP contribution in [0.3, 0.4) is 0 Å². The molecule has 1 atom stereocenters. The van der Waals surface area contributed by atoms with E-state index in [1.54, 1.807) is 0 Å². The number of unbranched alkanes of at least 4 members (excludes halogenated alkanes) is 6. The molecule has 0 aliphatic heterocycles. The van der Waals surface area contributed by atoms with Crippen LogP contribution in [0, 0.1) is 5.92 Å². The van der Waals surface area contributed by atoms with E-state index in [1.165, 1.54) is 87.3 Å². The smallest absolute Gasteiger partial charge is 0.343 e. The van der Waals surface area contributed by atoms with Gasteiger partial charge in [-0.25, -0.2) is 4.79 Å². The van der Waals surface area contributed by atoms with Gasteiger partial charge in [0.2, 0.25) is 0 Å². The molecule has 0 amide bonds. The first-order chi connectivity index (χ1) is 16.2. The van der Waals surface area contributed by atoms with Crippen LogP contribution in [-0.4, -0.2) is 5.97 Å². The van der Waals surface area contributed by atoms with Crippen LogP contribution in [0.2, 0.25) is 0 Å². The Kier molecular flexibility index (Phi) is 10.7. The van der Waals surface area contributed by atoms with Crippen LogP contribution < -0.4 is 4.74 Å². The van der Waals surface area contributed by atoms with Crippen molar-refractivity contribution in [2.75, 3.05) is 0 Å². The Morgan fingerprint density at radius 3 is 2.21 bits per heavy atom. The van der Waals surface area contributed by atoms with Gasteiger partial charge in [-0.2, -0.15) is 0 Å². The van der Waals surface area contributed by atoms with E-state index in [0.29, 0.717) is 11.3 Å². The van der Waals surface area contributed by atoms with Crippen molar-refractivity contribution >= 4 is 11.5 Å². The minimum absolute atomic E-state index is 0.289. The fourth-order valence-electron chi connectivity index (χ4n) is 4.73. The first-order valence-corrected chi connectivity index (χ1v) is 13.3. The molecule has 3 rings (SSSR count). The summed E-state index contributed by atoms with van der Waals surface area (Å²) in [6, 6.07) is 15.9. The third-order valence-corrected chi connectivity index (χ3v) is 6.93. The highest BCUT2D eigenvalue weighted by atomic mass is 16.5. The Balaban J connectivity index is 1.45. The molecule has 0 N–H and O–H groups in total. The lowest BCUT2D eigenvalue weighted by atomic mass is 9.84. The van der Waals surface area contributed by atoms with Gasteiger partial charge in [0.1, 0.15) is 5.75 Å². The second-order valence-electron chi connectivity index (χ2n) is 9.64. The minimum Gasteiger partial charge on any atom is -0.423 e. The molecular weight excluding hydrogens is 404 g/mol. The number of ether oxygens (including phenoxy) is 1. The Labute approximate surface area is 201 Å². The van der Waals surface area contributed by atoms with Crippen LogP contribution in [0.15, 0.2) is 54.6 Å². The Hall–Kier alpha value is -2.35. The maximum absolute atomic E-state index is 12.6. The standard InChI is InChI=1S/C31H42O2/c1-3-5-7-8-9-10-12-26-15-23-30(24-16-26)33-31(32)29-21-19-28(20-22-29)27-17-13-25(14-18-27)11-6-4-2/h15-17,19-25H,3-14,18H2,1-2H3. The number of carbonyl (C=O) groups excluding carboxylic acids is 1. The molecule has 0 heterocycles. The van der Waals surface area contributed by atoms with Crippen LogP contribution in [0.5, 0.6) is 5.75 Å². The lowest BCUT2D eigenvalue weighted by Gasteiger charge is -2.22. The van der Waals surface area contributed by atoms with E-state index < -0.39 is 0 Å². The number of hydrogen-bond acceptors (Lipinski definition) is 2. The van der Waals surface area contributed by atoms with E-state index in [4.69, 9.17) is 4.74 Å². The van der Waals surface area contributed by atoms with E-state index in [-0.39, 0.29) is 5.97 Å². The Bertz CT molecular complexity index is 861. The van der Waals surface area contributed by atoms with Crippen molar-refractivity contribution in [1.82, 2.24) is 0 Å². The lowest BCUT2D eigenvalue weighted by Crippen LogP contribution is -2.09. The molecule has 0 radical (unpaired) electrons. The zero-order valence-corrected chi connectivity index (χ0v) is 20.8. The molecule has 0 spiro atoms. The summed E-state index contributed by atoms with van der Waals surface area (Å²) in [5, 5.41) is 0. The predicted octanol–water partition coefficient (Wildman–Crippen LogP) is 9.18. The molecule has 0 fully saturated rings. The normalized spacial score (nSPS) is 15.8. The van der Waals surface area contributed by atoms with Gasteiger partial charge in [0, 0.05) is 0 Å². The summed E-state index contributed by atoms with van der Waals surface area (Å²) in [6.07, 6.45) is 18.9. The van der Waals surface area contributed by atoms with Crippen LogP contribution >= 0.6 is 0 Å². The highest BCUT2D eigenvalue weighted by molar-refractivity contribution is 5.91. The second-order valence-corrected chi connectivity index (χ2v) is 9.64. The molecular formula is C31H42O2. The maximum atomic E-state index is 12.6. The van der Waals surface area contributed by atoms with Crippen molar-refractivity contribution in [1.29, 1.82) is 0 Å². The molecule has 178 valence electrons. The molecule has 0 bridgehead atoms. The molecule has 0 aromatic heterocycles. The number of aryl methyl sites for hydroxylation is 1. The molecule has 1 aliphatic rings. The largest absolute Gasteiger partial charge is 0.423 e. The quantitative estimate of drug-likeness (QED) is 0.174. The zero-order chi connectivity index (χ0) is 23.3. The van der Waals surface area contributed by atoms with Crippen LogP contribution in [0.25, 0.3) is 5.57 Å². The third kappa shape index (κ3) is 8.50. The number of benzene rings is 2. The van der Waals surface area contributed by atoms with Gasteiger partial charge in [-0.15, -0.1) is 0 Å². The molecule has 2 nitrogen and oxygen atoms in total. The monoisotopic (exact) mass is 446 g/mol. The topological polar surface area (TPSA) is 26.3 Å². The predicted molar refractivity (Wildman–Crippen MR) is 140 cm³/mol. The third-order valence-electron chi connectivity index (χ3n) is 6.93. The second kappa shape index (κ2) is 14.0. The summed E-state index contributed by atoms with van der Waals surface area (Å²) < 4.78 is 5.61. The molecule has 1 aliphatic carbocycles. The van der Waals surface area contributed by atoms with Gasteiger partial charge < -0.3 is 4.74 Å². The molecule has 33 heavy (non-hydrogen) atoms. The highest BCUT2D eigenvalue weighted by Gasteiger charge is 2.16. The molecule has 0 saturated heterocycles. The summed E-state index contributed by atoms with van der Waals surface area (Å²) in [5.41, 5.74) is 4.57. The Morgan fingerprint density at radius 1 is 0.848 bits per heavy atom. The number of esters is 1. The highest BCUT2D eigenvalue weighted by Crippen LogP contribution is 2.32. The van der Waals surface area contributed by atoms with Crippen molar-refractivity contribution in [3.05, 3.63) is 71.3 Å². The number of carbonyl (C=O) groups is 1. The SMILES string of the molecule is CCCCCCCCc1ccc(OC(=O)c2ccc(C3=CCC(CCCC)CC3)cc2)cc1. The van der Waals surface area contributed by atoms with Crippen LogP contribution in [-0.2, 0) is 6.42 Å². The molecule has 2 aromatic rings. The summed E-state index contributed by atoms with van der Waals surface area (Å²) in [4.78, 5) is 12.6. The average molecular weight is 447 g/mol. The van der Waals surface area contributed by atoms with E-state index in [9.17, 15) is 4.79 Å². The fourth-order valence-corrected chi connectivity index (χ4v) is 4.73. The van der Waals surface area contributed by atoms with Gasteiger partial charge in [0.05, 0.1) is 5.56 Å². The van der Waals surface area contributed by atoms with Crippen molar-refractivity contribution in [2.45, 2.75) is 97.3 Å². The number of hydrogen-bond donors (Lipinski definition) is 0. The van der Waals surface area contributed by atoms with Crippen molar-refractivity contribution < 1.29 is 9.53 Å². The summed E-state index contributed by atoms with van der Waals surface area (Å²) in [7, 11) is 0. The van der Waals surface area contributed by atoms with Crippen molar-refractivity contribution in [3.8, 4) is 5.75 Å². The first-order valence-electron chi connectivity index (χ1n) is 13.3. The van der Waals surface area contributed by atoms with E-state index in [0.717, 1.165) is 18.8 Å². The zero-order valence-electron chi connectivity index (χ0n) is 20.8. The van der Waals surface area contributed by atoms with Gasteiger partial charge >= 0.3 is 5.97 Å². The van der Waals surface area contributed by atoms with Gasteiger partial charge in [-0.05, 0) is 79.0 Å². The Morgan fingerprint density at radius 2 is 1.55 bits per heavy atom. The fraction of sp³-hybridized carbons (Fsp3) is 0.516. The molecule has 2 aromatic carbocycles. The first kappa shape index (κ1) is 25.3. The van der Waals surface area contributed by atoms with Gasteiger partial charge in [-0.1, -0.05) is 95.6 Å². The van der Waals surface area contributed by atoms with Crippen molar-refractivity contribution in [3.63, 3.8) is 0 Å². The van der Waals surface area contributed by atoms with E-state index in [2.05, 4.69) is 44.2 Å². The average Bonchev–Trinajstić information content (AvgIpc) is 2.86. The van der Waals surface area contributed by atoms with Gasteiger partial charge in [-0.3, -0.25) is 0 Å². The van der Waals surface area contributed by atoms with E-state index >= 15 is 0 Å². The summed E-state index contributed by atoms with van der Waals surface area (Å²) in [6.45, 7) is 4.52. The van der Waals surface area contributed by atoms with E-state index in [1.807, 2.05) is 24.3 Å². The molecule has 2 heteroatoms. The number of rotatable bonds is 13. The van der Waals surface area contributed by atoms with Gasteiger partial charge in [0.25, 0.3) is 0 Å². The minimum atomic E-state index is -0.289. The summed E-state index contributed by atoms with van der Waals surface area (Å²) in [5.74, 6) is 1.17. The molecule has 1 unspecified atom stereocenters. The van der Waals surface area contributed by atoms with Gasteiger partial charge in [0.15, 0.2) is 0 Å². The lowest BCUT2D eigenvalue weighted by molar-refractivity contribution is 0.0734. The molecule has 0 saturated carbocycles. The maximum Gasteiger partial charge on any atom is 0.343 e. The number of allylic oxidation sites excluding steroid dienone is 2. The van der Waals surface area contributed by atoms with Crippen LogP contribution in [0.1, 0.15) is 112 Å².